The monoisotopic (exact) mass is 299 g/mol. The fraction of sp³-hybridized carbons (Fsp3) is 0.250. The lowest BCUT2D eigenvalue weighted by Crippen LogP contribution is -2.34. The molecule has 1 aromatic heterocycles. The molecule has 21 heavy (non-hydrogen) atoms. The van der Waals surface area contributed by atoms with Gasteiger partial charge in [-0.25, -0.2) is 0 Å². The molecule has 1 heterocycles. The summed E-state index contributed by atoms with van der Waals surface area (Å²) in [6.45, 7) is 0.527. The van der Waals surface area contributed by atoms with Gasteiger partial charge in [0.15, 0.2) is 0 Å². The second-order valence-electron chi connectivity index (χ2n) is 4.94. The molecule has 1 atom stereocenters. The molecule has 0 aliphatic carbocycles. The molecule has 0 aliphatic heterocycles. The largest absolute Gasteiger partial charge is 0.350 e. The summed E-state index contributed by atoms with van der Waals surface area (Å²) < 4.78 is 0. The summed E-state index contributed by atoms with van der Waals surface area (Å²) in [5.74, 6) is -0.158. The maximum Gasteiger partial charge on any atom is 0.251 e. The zero-order chi connectivity index (χ0) is 15.2. The van der Waals surface area contributed by atoms with Crippen LogP contribution in [0.3, 0.4) is 0 Å². The number of carbonyl (C=O) groups is 1. The predicted octanol–water partition coefficient (Wildman–Crippen LogP) is 2.65. The Morgan fingerprint density at radius 3 is 2.86 bits per heavy atom. The Labute approximate surface area is 128 Å². The topological polar surface area (TPSA) is 56.1 Å². The summed E-state index contributed by atoms with van der Waals surface area (Å²) in [7, 11) is 3.98. The highest BCUT2D eigenvalue weighted by Gasteiger charge is 2.16. The molecule has 0 radical (unpaired) electrons. The number of nitrogens with zero attached hydrogens (tertiary/aromatic N) is 2. The number of rotatable bonds is 5. The first-order chi connectivity index (χ1) is 10.1. The quantitative estimate of drug-likeness (QED) is 0.923. The standard InChI is InChI=1S/C16H17N3OS/c1-19(2)15(14-6-7-21-11-14)10-18-16(20)13-5-3-4-12(8-13)9-17/h3-8,11,15H,10H2,1-2H3,(H,18,20). The molecule has 1 amide bonds. The molecule has 1 unspecified atom stereocenters. The number of benzene rings is 1. The molecule has 5 heteroatoms. The fourth-order valence-electron chi connectivity index (χ4n) is 2.08. The van der Waals surface area contributed by atoms with Gasteiger partial charge in [0.2, 0.25) is 0 Å². The maximum atomic E-state index is 12.2. The molecule has 0 bridgehead atoms. The Kier molecular flexibility index (Phi) is 5.09. The summed E-state index contributed by atoms with van der Waals surface area (Å²) >= 11 is 1.65. The second-order valence-corrected chi connectivity index (χ2v) is 5.72. The van der Waals surface area contributed by atoms with Crippen LogP contribution in [-0.4, -0.2) is 31.4 Å². The van der Waals surface area contributed by atoms with E-state index in [1.165, 1.54) is 5.56 Å². The van der Waals surface area contributed by atoms with Crippen LogP contribution in [-0.2, 0) is 0 Å². The molecule has 0 saturated carbocycles. The molecule has 2 aromatic rings. The number of thiophene rings is 1. The number of nitrogens with one attached hydrogen (secondary N) is 1. The molecular weight excluding hydrogens is 282 g/mol. The Morgan fingerprint density at radius 2 is 2.24 bits per heavy atom. The molecule has 0 saturated heterocycles. The number of carbonyl (C=O) groups excluding carboxylic acids is 1. The van der Waals surface area contributed by atoms with Crippen LogP contribution in [0.5, 0.6) is 0 Å². The van der Waals surface area contributed by atoms with Crippen molar-refractivity contribution in [3.63, 3.8) is 0 Å². The van der Waals surface area contributed by atoms with Crippen molar-refractivity contribution in [2.75, 3.05) is 20.6 Å². The lowest BCUT2D eigenvalue weighted by molar-refractivity contribution is 0.0942. The van der Waals surface area contributed by atoms with Gasteiger partial charge in [-0.3, -0.25) is 4.79 Å². The molecule has 0 fully saturated rings. The van der Waals surface area contributed by atoms with E-state index in [1.807, 2.05) is 25.5 Å². The second kappa shape index (κ2) is 7.02. The summed E-state index contributed by atoms with van der Waals surface area (Å²) in [4.78, 5) is 14.3. The average molecular weight is 299 g/mol. The van der Waals surface area contributed by atoms with Gasteiger partial charge >= 0.3 is 0 Å². The van der Waals surface area contributed by atoms with Crippen LogP contribution in [0.2, 0.25) is 0 Å². The van der Waals surface area contributed by atoms with E-state index in [4.69, 9.17) is 5.26 Å². The van der Waals surface area contributed by atoms with E-state index in [1.54, 1.807) is 35.6 Å². The Morgan fingerprint density at radius 1 is 1.43 bits per heavy atom. The Bertz CT molecular complexity index is 644. The Balaban J connectivity index is 2.04. The molecule has 0 spiro atoms. The molecule has 4 nitrogen and oxygen atoms in total. The highest BCUT2D eigenvalue weighted by atomic mass is 32.1. The van der Waals surface area contributed by atoms with Gasteiger partial charge in [-0.15, -0.1) is 0 Å². The van der Waals surface area contributed by atoms with Crippen molar-refractivity contribution in [3.05, 3.63) is 57.8 Å². The smallest absolute Gasteiger partial charge is 0.251 e. The minimum atomic E-state index is -0.158. The fourth-order valence-corrected chi connectivity index (χ4v) is 2.79. The minimum Gasteiger partial charge on any atom is -0.350 e. The molecule has 1 N–H and O–H groups in total. The van der Waals surface area contributed by atoms with Crippen LogP contribution < -0.4 is 5.32 Å². The third kappa shape index (κ3) is 3.91. The summed E-state index contributed by atoms with van der Waals surface area (Å²) in [6, 6.07) is 11.0. The van der Waals surface area contributed by atoms with Gasteiger partial charge in [0.05, 0.1) is 17.7 Å². The van der Waals surface area contributed by atoms with Crippen molar-refractivity contribution in [2.24, 2.45) is 0 Å². The van der Waals surface area contributed by atoms with E-state index >= 15 is 0 Å². The van der Waals surface area contributed by atoms with Gasteiger partial charge in [0, 0.05) is 12.1 Å². The summed E-state index contributed by atoms with van der Waals surface area (Å²) in [5.41, 5.74) is 2.19. The van der Waals surface area contributed by atoms with Gasteiger partial charge in [-0.2, -0.15) is 16.6 Å². The predicted molar refractivity (Wildman–Crippen MR) is 84.2 cm³/mol. The first-order valence-corrected chi connectivity index (χ1v) is 7.53. The van der Waals surface area contributed by atoms with Gasteiger partial charge in [0.25, 0.3) is 5.91 Å². The van der Waals surface area contributed by atoms with Crippen LogP contribution in [0.1, 0.15) is 27.5 Å². The molecule has 108 valence electrons. The normalized spacial score (nSPS) is 11.9. The van der Waals surface area contributed by atoms with E-state index in [-0.39, 0.29) is 11.9 Å². The lowest BCUT2D eigenvalue weighted by Gasteiger charge is -2.24. The van der Waals surface area contributed by atoms with Crippen molar-refractivity contribution >= 4 is 17.2 Å². The number of hydrogen-bond donors (Lipinski definition) is 1. The first-order valence-electron chi connectivity index (χ1n) is 6.58. The summed E-state index contributed by atoms with van der Waals surface area (Å²) in [5, 5.41) is 15.9. The van der Waals surface area contributed by atoms with Gasteiger partial charge in [0.1, 0.15) is 0 Å². The molecule has 0 aliphatic rings. The zero-order valence-electron chi connectivity index (χ0n) is 12.0. The minimum absolute atomic E-state index is 0.138. The third-order valence-electron chi connectivity index (χ3n) is 3.26. The SMILES string of the molecule is CN(C)C(CNC(=O)c1cccc(C#N)c1)c1ccsc1. The van der Waals surface area contributed by atoms with Crippen molar-refractivity contribution in [1.82, 2.24) is 10.2 Å². The van der Waals surface area contributed by atoms with E-state index in [9.17, 15) is 4.79 Å². The molecular formula is C16H17N3OS. The lowest BCUT2D eigenvalue weighted by atomic mass is 10.1. The first kappa shape index (κ1) is 15.2. The molecule has 1 aromatic carbocycles. The van der Waals surface area contributed by atoms with Crippen molar-refractivity contribution in [1.29, 1.82) is 5.26 Å². The number of nitriles is 1. The van der Waals surface area contributed by atoms with Crippen LogP contribution in [0.25, 0.3) is 0 Å². The van der Waals surface area contributed by atoms with Gasteiger partial charge in [-0.1, -0.05) is 6.07 Å². The van der Waals surface area contributed by atoms with Crippen molar-refractivity contribution < 1.29 is 4.79 Å². The van der Waals surface area contributed by atoms with Crippen molar-refractivity contribution in [2.45, 2.75) is 6.04 Å². The van der Waals surface area contributed by atoms with Gasteiger partial charge in [-0.05, 0) is 54.7 Å². The maximum absolute atomic E-state index is 12.2. The van der Waals surface area contributed by atoms with E-state index in [0.29, 0.717) is 17.7 Å². The Hall–Kier alpha value is -2.16. The van der Waals surface area contributed by atoms with E-state index < -0.39 is 0 Å². The highest BCUT2D eigenvalue weighted by molar-refractivity contribution is 7.07. The van der Waals surface area contributed by atoms with Crippen molar-refractivity contribution in [3.8, 4) is 6.07 Å². The average Bonchev–Trinajstić information content (AvgIpc) is 3.01. The van der Waals surface area contributed by atoms with Crippen LogP contribution in [0, 0.1) is 11.3 Å². The van der Waals surface area contributed by atoms with Crippen LogP contribution >= 0.6 is 11.3 Å². The highest BCUT2D eigenvalue weighted by Crippen LogP contribution is 2.20. The summed E-state index contributed by atoms with van der Waals surface area (Å²) in [6.07, 6.45) is 0. The zero-order valence-corrected chi connectivity index (χ0v) is 12.9. The number of likely N-dealkylation sites (N-methyl/N-ethyl adjacent to an activating group) is 1. The van der Waals surface area contributed by atoms with E-state index in [0.717, 1.165) is 0 Å². The van der Waals surface area contributed by atoms with Crippen LogP contribution in [0.15, 0.2) is 41.1 Å². The molecule has 2 rings (SSSR count). The van der Waals surface area contributed by atoms with Gasteiger partial charge < -0.3 is 10.2 Å². The van der Waals surface area contributed by atoms with Crippen LogP contribution in [0.4, 0.5) is 0 Å². The van der Waals surface area contributed by atoms with E-state index in [2.05, 4.69) is 21.7 Å². The number of hydrogen-bond acceptors (Lipinski definition) is 4. The number of amides is 1. The third-order valence-corrected chi connectivity index (χ3v) is 3.96.